The number of hydrogen-bond acceptors (Lipinski definition) is 2. The molecule has 2 atom stereocenters. The highest BCUT2D eigenvalue weighted by Gasteiger charge is 2.42. The van der Waals surface area contributed by atoms with Crippen LogP contribution in [0, 0.1) is 5.92 Å². The average molecular weight is 151 g/mol. The van der Waals surface area contributed by atoms with Crippen LogP contribution in [0.15, 0.2) is 12.2 Å². The third-order valence-corrected chi connectivity index (χ3v) is 2.29. The maximum absolute atomic E-state index is 11.3. The first kappa shape index (κ1) is 6.58. The molecule has 0 aromatic carbocycles. The second-order valence-electron chi connectivity index (χ2n) is 3.02. The number of carbonyl (C=O) groups excluding carboxylic acids is 2. The molecule has 2 amide bonds. The van der Waals surface area contributed by atoms with E-state index in [1.165, 1.54) is 11.8 Å². The van der Waals surface area contributed by atoms with Crippen molar-refractivity contribution in [3.05, 3.63) is 12.2 Å². The van der Waals surface area contributed by atoms with Gasteiger partial charge in [0.05, 0.1) is 12.0 Å². The number of likely N-dealkylation sites (tertiary alicyclic amines) is 1. The number of hydrogen-bond donors (Lipinski definition) is 0. The lowest BCUT2D eigenvalue weighted by Gasteiger charge is -2.19. The van der Waals surface area contributed by atoms with Crippen molar-refractivity contribution in [3.63, 3.8) is 0 Å². The van der Waals surface area contributed by atoms with E-state index in [2.05, 4.69) is 0 Å². The SMILES string of the molecule is CC(=O)N1C(=O)[C@@H]2C=C[C@H]1C2. The van der Waals surface area contributed by atoms with Gasteiger partial charge in [-0.2, -0.15) is 0 Å². The molecule has 0 aromatic rings. The van der Waals surface area contributed by atoms with Crippen molar-refractivity contribution < 1.29 is 9.59 Å². The van der Waals surface area contributed by atoms with Crippen molar-refractivity contribution in [3.8, 4) is 0 Å². The molecular weight excluding hydrogens is 142 g/mol. The maximum atomic E-state index is 11.3. The Balaban J connectivity index is 2.32. The fourth-order valence-corrected chi connectivity index (χ4v) is 1.79. The molecule has 1 fully saturated rings. The maximum Gasteiger partial charge on any atom is 0.236 e. The molecule has 11 heavy (non-hydrogen) atoms. The van der Waals surface area contributed by atoms with Gasteiger partial charge in [0.25, 0.3) is 0 Å². The summed E-state index contributed by atoms with van der Waals surface area (Å²) in [5.41, 5.74) is 0. The Labute approximate surface area is 64.7 Å². The zero-order valence-electron chi connectivity index (χ0n) is 6.28. The normalized spacial score (nSPS) is 33.5. The first-order valence-corrected chi connectivity index (χ1v) is 3.72. The topological polar surface area (TPSA) is 37.4 Å². The van der Waals surface area contributed by atoms with Gasteiger partial charge in [0.15, 0.2) is 0 Å². The minimum Gasteiger partial charge on any atom is -0.275 e. The lowest BCUT2D eigenvalue weighted by atomic mass is 10.1. The summed E-state index contributed by atoms with van der Waals surface area (Å²) in [7, 11) is 0. The van der Waals surface area contributed by atoms with Crippen LogP contribution in [-0.4, -0.2) is 22.8 Å². The summed E-state index contributed by atoms with van der Waals surface area (Å²) in [6.45, 7) is 1.44. The number of nitrogens with zero attached hydrogens (tertiary/aromatic N) is 1. The van der Waals surface area contributed by atoms with Crippen LogP contribution in [0.25, 0.3) is 0 Å². The molecule has 3 nitrogen and oxygen atoms in total. The Bertz CT molecular complexity index is 257. The molecule has 1 saturated heterocycles. The lowest BCUT2D eigenvalue weighted by Crippen LogP contribution is -2.38. The van der Waals surface area contributed by atoms with Crippen LogP contribution < -0.4 is 0 Å². The van der Waals surface area contributed by atoms with E-state index in [9.17, 15) is 9.59 Å². The van der Waals surface area contributed by atoms with E-state index in [1.54, 1.807) is 0 Å². The van der Waals surface area contributed by atoms with Gasteiger partial charge in [0, 0.05) is 6.92 Å². The Morgan fingerprint density at radius 1 is 1.64 bits per heavy atom. The van der Waals surface area contributed by atoms with E-state index in [4.69, 9.17) is 0 Å². The molecule has 2 rings (SSSR count). The van der Waals surface area contributed by atoms with Gasteiger partial charge in [-0.25, -0.2) is 0 Å². The lowest BCUT2D eigenvalue weighted by molar-refractivity contribution is -0.143. The number of fused-ring (bicyclic) bond motifs is 2. The second-order valence-corrected chi connectivity index (χ2v) is 3.02. The quantitative estimate of drug-likeness (QED) is 0.467. The summed E-state index contributed by atoms with van der Waals surface area (Å²) in [6, 6.07) is 0.0602. The number of carbonyl (C=O) groups is 2. The smallest absolute Gasteiger partial charge is 0.236 e. The van der Waals surface area contributed by atoms with Crippen molar-refractivity contribution in [2.24, 2.45) is 5.92 Å². The van der Waals surface area contributed by atoms with Crippen LogP contribution in [0.1, 0.15) is 13.3 Å². The molecule has 1 aliphatic heterocycles. The van der Waals surface area contributed by atoms with Crippen molar-refractivity contribution in [1.29, 1.82) is 0 Å². The predicted molar refractivity (Wildman–Crippen MR) is 38.6 cm³/mol. The highest BCUT2D eigenvalue weighted by molar-refractivity contribution is 5.99. The van der Waals surface area contributed by atoms with Crippen molar-refractivity contribution in [1.82, 2.24) is 4.90 Å². The molecule has 0 N–H and O–H groups in total. The summed E-state index contributed by atoms with van der Waals surface area (Å²) in [4.78, 5) is 23.5. The van der Waals surface area contributed by atoms with Crippen LogP contribution >= 0.6 is 0 Å². The summed E-state index contributed by atoms with van der Waals surface area (Å²) in [6.07, 6.45) is 4.64. The van der Waals surface area contributed by atoms with Crippen molar-refractivity contribution >= 4 is 11.8 Å². The van der Waals surface area contributed by atoms with Crippen molar-refractivity contribution in [2.75, 3.05) is 0 Å². The van der Waals surface area contributed by atoms with E-state index >= 15 is 0 Å². The molecule has 0 spiro atoms. The third-order valence-electron chi connectivity index (χ3n) is 2.29. The Hall–Kier alpha value is -1.12. The molecule has 1 heterocycles. The Kier molecular flexibility index (Phi) is 1.16. The minimum absolute atomic E-state index is 0.0103. The summed E-state index contributed by atoms with van der Waals surface area (Å²) < 4.78 is 0. The van der Waals surface area contributed by atoms with Gasteiger partial charge in [-0.3, -0.25) is 14.5 Å². The van der Waals surface area contributed by atoms with E-state index in [0.29, 0.717) is 0 Å². The summed E-state index contributed by atoms with van der Waals surface area (Å²) in [5, 5.41) is 0. The standard InChI is InChI=1S/C8H9NO2/c1-5(10)9-7-3-2-6(4-7)8(9)11/h2-3,6-7H,4H2,1H3/t6-,7+/m1/s1. The predicted octanol–water partition coefficient (Wildman–Crippen LogP) is 0.320. The molecule has 2 bridgehead atoms. The van der Waals surface area contributed by atoms with Crippen LogP contribution in [0.4, 0.5) is 0 Å². The molecule has 1 aliphatic carbocycles. The van der Waals surface area contributed by atoms with Crippen molar-refractivity contribution in [2.45, 2.75) is 19.4 Å². The number of amides is 2. The van der Waals surface area contributed by atoms with E-state index in [-0.39, 0.29) is 23.8 Å². The number of rotatable bonds is 0. The largest absolute Gasteiger partial charge is 0.275 e. The Morgan fingerprint density at radius 2 is 2.36 bits per heavy atom. The van der Waals surface area contributed by atoms with Gasteiger partial charge in [0.2, 0.25) is 11.8 Å². The molecule has 0 aromatic heterocycles. The van der Waals surface area contributed by atoms with Gasteiger partial charge in [-0.15, -0.1) is 0 Å². The number of imide groups is 1. The molecular formula is C8H9NO2. The third kappa shape index (κ3) is 0.737. The molecule has 0 unspecified atom stereocenters. The van der Waals surface area contributed by atoms with Gasteiger partial charge < -0.3 is 0 Å². The zero-order valence-corrected chi connectivity index (χ0v) is 6.28. The van der Waals surface area contributed by atoms with Gasteiger partial charge in [0.1, 0.15) is 0 Å². The summed E-state index contributed by atoms with van der Waals surface area (Å²) in [5.74, 6) is -0.166. The molecule has 0 saturated carbocycles. The van der Waals surface area contributed by atoms with Crippen LogP contribution in [-0.2, 0) is 9.59 Å². The monoisotopic (exact) mass is 151 g/mol. The summed E-state index contributed by atoms with van der Waals surface area (Å²) >= 11 is 0. The van der Waals surface area contributed by atoms with E-state index < -0.39 is 0 Å². The van der Waals surface area contributed by atoms with Crippen LogP contribution in [0.3, 0.4) is 0 Å². The first-order valence-electron chi connectivity index (χ1n) is 3.72. The highest BCUT2D eigenvalue weighted by atomic mass is 16.2. The molecule has 3 heteroatoms. The second kappa shape index (κ2) is 1.94. The van der Waals surface area contributed by atoms with Gasteiger partial charge in [-0.05, 0) is 6.42 Å². The van der Waals surface area contributed by atoms with Crippen LogP contribution in [0.2, 0.25) is 0 Å². The zero-order chi connectivity index (χ0) is 8.01. The highest BCUT2D eigenvalue weighted by Crippen LogP contribution is 2.32. The van der Waals surface area contributed by atoms with Gasteiger partial charge >= 0.3 is 0 Å². The molecule has 58 valence electrons. The van der Waals surface area contributed by atoms with E-state index in [1.807, 2.05) is 12.2 Å². The fourth-order valence-electron chi connectivity index (χ4n) is 1.79. The minimum atomic E-state index is -0.133. The average Bonchev–Trinajstić information content (AvgIpc) is 2.44. The first-order chi connectivity index (χ1) is 5.20. The molecule has 2 aliphatic rings. The molecule has 0 radical (unpaired) electrons. The van der Waals surface area contributed by atoms with Crippen LogP contribution in [0.5, 0.6) is 0 Å². The van der Waals surface area contributed by atoms with Gasteiger partial charge in [-0.1, -0.05) is 12.2 Å². The fraction of sp³-hybridized carbons (Fsp3) is 0.500. The van der Waals surface area contributed by atoms with E-state index in [0.717, 1.165) is 6.42 Å². The Morgan fingerprint density at radius 3 is 2.73 bits per heavy atom.